The number of hydrogen-bond acceptors (Lipinski definition) is 3. The van der Waals surface area contributed by atoms with Gasteiger partial charge in [-0.05, 0) is 41.0 Å². The topological polar surface area (TPSA) is 46.6 Å². The molecule has 0 bridgehead atoms. The summed E-state index contributed by atoms with van der Waals surface area (Å²) in [7, 11) is 0. The number of halogens is 6. The number of allylic oxidation sites excluding steroid dienone is 2. The number of carbonyl (C=O) groups is 2. The summed E-state index contributed by atoms with van der Waals surface area (Å²) in [6.45, 7) is -0.440. The van der Waals surface area contributed by atoms with Crippen LogP contribution in [0.1, 0.15) is 27.0 Å². The van der Waals surface area contributed by atoms with Crippen LogP contribution in [-0.2, 0) is 17.0 Å². The predicted octanol–water partition coefficient (Wildman–Crippen LogP) is 7.64. The highest BCUT2D eigenvalue weighted by atomic mass is 35.5. The summed E-state index contributed by atoms with van der Waals surface area (Å²) in [5, 5.41) is -0.0256. The van der Waals surface area contributed by atoms with Crippen molar-refractivity contribution in [1.82, 2.24) is 4.90 Å². The maximum Gasteiger partial charge on any atom is 0.417 e. The lowest BCUT2D eigenvalue weighted by Gasteiger charge is -2.43. The SMILES string of the molecule is O=C(/C=C(/c1cc(Cl)cc(Cl)c1)C(F)(F)F)c1ccc(C2(F)CN(C(=O)OCc3ccccc3)C2)cc1. The number of carbonyl (C=O) groups excluding carboxylic acids is 2. The van der Waals surface area contributed by atoms with E-state index in [0.717, 1.165) is 17.7 Å². The van der Waals surface area contributed by atoms with Crippen LogP contribution in [0, 0.1) is 0 Å². The first-order valence-corrected chi connectivity index (χ1v) is 11.7. The first kappa shape index (κ1) is 26.7. The summed E-state index contributed by atoms with van der Waals surface area (Å²) in [6.07, 6.45) is -5.05. The van der Waals surface area contributed by atoms with Gasteiger partial charge in [-0.15, -0.1) is 0 Å². The zero-order valence-corrected chi connectivity index (χ0v) is 20.6. The highest BCUT2D eigenvalue weighted by Gasteiger charge is 2.48. The molecule has 0 saturated carbocycles. The van der Waals surface area contributed by atoms with E-state index in [9.17, 15) is 22.8 Å². The molecule has 1 aliphatic heterocycles. The van der Waals surface area contributed by atoms with Crippen LogP contribution >= 0.6 is 23.2 Å². The molecule has 0 unspecified atom stereocenters. The molecule has 1 amide bonds. The summed E-state index contributed by atoms with van der Waals surface area (Å²) in [4.78, 5) is 26.0. The number of likely N-dealkylation sites (tertiary alicyclic amines) is 1. The van der Waals surface area contributed by atoms with Gasteiger partial charge >= 0.3 is 12.3 Å². The molecule has 192 valence electrons. The molecular weight excluding hydrogens is 533 g/mol. The van der Waals surface area contributed by atoms with Gasteiger partial charge in [0.05, 0.1) is 18.7 Å². The second kappa shape index (κ2) is 10.6. The fourth-order valence-corrected chi connectivity index (χ4v) is 4.39. The molecule has 4 nitrogen and oxygen atoms in total. The van der Waals surface area contributed by atoms with Crippen molar-refractivity contribution in [2.24, 2.45) is 0 Å². The second-order valence-corrected chi connectivity index (χ2v) is 9.39. The van der Waals surface area contributed by atoms with Gasteiger partial charge in [0, 0.05) is 15.6 Å². The van der Waals surface area contributed by atoms with Gasteiger partial charge in [-0.25, -0.2) is 9.18 Å². The van der Waals surface area contributed by atoms with Crippen LogP contribution in [0.15, 0.2) is 78.9 Å². The quantitative estimate of drug-likeness (QED) is 0.179. The molecule has 1 heterocycles. The van der Waals surface area contributed by atoms with Crippen molar-refractivity contribution in [3.05, 3.63) is 111 Å². The van der Waals surface area contributed by atoms with Gasteiger partial charge in [0.25, 0.3) is 0 Å². The maximum atomic E-state index is 15.3. The predicted molar refractivity (Wildman–Crippen MR) is 132 cm³/mol. The lowest BCUT2D eigenvalue weighted by molar-refractivity contribution is -0.0689. The fourth-order valence-electron chi connectivity index (χ4n) is 3.87. The number of nitrogens with zero attached hydrogens (tertiary/aromatic N) is 1. The molecule has 3 aromatic carbocycles. The Kier molecular flexibility index (Phi) is 7.62. The molecule has 0 aromatic heterocycles. The van der Waals surface area contributed by atoms with E-state index in [1.807, 2.05) is 6.07 Å². The van der Waals surface area contributed by atoms with E-state index in [2.05, 4.69) is 0 Å². The molecule has 1 saturated heterocycles. The van der Waals surface area contributed by atoms with Crippen molar-refractivity contribution in [2.45, 2.75) is 18.5 Å². The normalized spacial score (nSPS) is 15.2. The number of amides is 1. The number of ether oxygens (including phenoxy) is 1. The van der Waals surface area contributed by atoms with Crippen molar-refractivity contribution in [3.63, 3.8) is 0 Å². The third-order valence-electron chi connectivity index (χ3n) is 5.79. The highest BCUT2D eigenvalue weighted by Crippen LogP contribution is 2.38. The van der Waals surface area contributed by atoms with Crippen molar-refractivity contribution in [3.8, 4) is 0 Å². The Balaban J connectivity index is 1.43. The van der Waals surface area contributed by atoms with Gasteiger partial charge in [0.2, 0.25) is 0 Å². The van der Waals surface area contributed by atoms with Crippen molar-refractivity contribution < 1.29 is 31.9 Å². The van der Waals surface area contributed by atoms with E-state index >= 15 is 4.39 Å². The molecule has 0 radical (unpaired) electrons. The largest absolute Gasteiger partial charge is 0.445 e. The Bertz CT molecular complexity index is 1320. The Labute approximate surface area is 220 Å². The average molecular weight is 552 g/mol. The molecule has 0 aliphatic carbocycles. The first-order valence-electron chi connectivity index (χ1n) is 11.0. The lowest BCUT2D eigenvalue weighted by Crippen LogP contribution is -2.58. The fraction of sp³-hybridized carbons (Fsp3) is 0.185. The van der Waals surface area contributed by atoms with Crippen molar-refractivity contribution >= 4 is 40.7 Å². The monoisotopic (exact) mass is 551 g/mol. The minimum Gasteiger partial charge on any atom is -0.445 e. The average Bonchev–Trinajstić information content (AvgIpc) is 2.83. The maximum absolute atomic E-state index is 15.3. The number of hydrogen-bond donors (Lipinski definition) is 0. The zero-order chi connectivity index (χ0) is 26.8. The van der Waals surface area contributed by atoms with Crippen LogP contribution < -0.4 is 0 Å². The molecule has 3 aromatic rings. The molecule has 1 aliphatic rings. The zero-order valence-electron chi connectivity index (χ0n) is 19.1. The number of alkyl halides is 4. The molecule has 0 atom stereocenters. The van der Waals surface area contributed by atoms with Gasteiger partial charge < -0.3 is 9.64 Å². The van der Waals surface area contributed by atoms with Crippen LogP contribution in [0.4, 0.5) is 22.4 Å². The Morgan fingerprint density at radius 1 is 0.919 bits per heavy atom. The summed E-state index contributed by atoms with van der Waals surface area (Å²) in [5.41, 5.74) is -2.51. The smallest absolute Gasteiger partial charge is 0.417 e. The third kappa shape index (κ3) is 6.32. The van der Waals surface area contributed by atoms with Gasteiger partial charge in [-0.3, -0.25) is 4.79 Å². The number of ketones is 1. The molecule has 0 spiro atoms. The van der Waals surface area contributed by atoms with Crippen molar-refractivity contribution in [1.29, 1.82) is 0 Å². The van der Waals surface area contributed by atoms with E-state index in [4.69, 9.17) is 27.9 Å². The van der Waals surface area contributed by atoms with Gasteiger partial charge in [0.15, 0.2) is 11.5 Å². The van der Waals surface area contributed by atoms with Crippen LogP contribution in [0.2, 0.25) is 10.0 Å². The van der Waals surface area contributed by atoms with E-state index in [0.29, 0.717) is 6.08 Å². The molecule has 0 N–H and O–H groups in total. The van der Waals surface area contributed by atoms with Gasteiger partial charge in [-0.1, -0.05) is 77.8 Å². The third-order valence-corrected chi connectivity index (χ3v) is 6.22. The number of benzene rings is 3. The van der Waals surface area contributed by atoms with E-state index in [1.165, 1.54) is 35.2 Å². The summed E-state index contributed by atoms with van der Waals surface area (Å²) < 4.78 is 61.5. The first-order chi connectivity index (χ1) is 17.4. The molecular formula is C27H19Cl2F4NO3. The summed E-state index contributed by atoms with van der Waals surface area (Å²) >= 11 is 11.6. The highest BCUT2D eigenvalue weighted by molar-refractivity contribution is 6.35. The number of rotatable bonds is 6. The molecule has 1 fully saturated rings. The Morgan fingerprint density at radius 2 is 1.51 bits per heavy atom. The van der Waals surface area contributed by atoms with Crippen LogP contribution in [0.3, 0.4) is 0 Å². The lowest BCUT2D eigenvalue weighted by atomic mass is 9.87. The minimum absolute atomic E-state index is 0.0128. The molecule has 10 heteroatoms. The van der Waals surface area contributed by atoms with E-state index in [1.54, 1.807) is 24.3 Å². The second-order valence-electron chi connectivity index (χ2n) is 8.52. The van der Waals surface area contributed by atoms with Crippen LogP contribution in [-0.4, -0.2) is 36.0 Å². The summed E-state index contributed by atoms with van der Waals surface area (Å²) in [5.74, 6) is -0.928. The van der Waals surface area contributed by atoms with Gasteiger partial charge in [-0.2, -0.15) is 13.2 Å². The van der Waals surface area contributed by atoms with E-state index in [-0.39, 0.29) is 46.4 Å². The Morgan fingerprint density at radius 3 is 2.08 bits per heavy atom. The van der Waals surface area contributed by atoms with Gasteiger partial charge in [0.1, 0.15) is 6.61 Å². The standard InChI is InChI=1S/C27H19Cl2F4NO3/c28-21-10-19(11-22(29)12-21)23(27(31,32)33)13-24(35)18-6-8-20(9-7-18)26(30)15-34(16-26)25(36)37-14-17-4-2-1-3-5-17/h1-13H,14-16H2/b23-13-. The molecule has 37 heavy (non-hydrogen) atoms. The van der Waals surface area contributed by atoms with E-state index < -0.39 is 29.3 Å². The van der Waals surface area contributed by atoms with Crippen molar-refractivity contribution in [2.75, 3.05) is 13.1 Å². The minimum atomic E-state index is -4.85. The Hall–Kier alpha value is -3.36. The molecule has 4 rings (SSSR count). The van der Waals surface area contributed by atoms with Crippen LogP contribution in [0.25, 0.3) is 5.57 Å². The van der Waals surface area contributed by atoms with Crippen LogP contribution in [0.5, 0.6) is 0 Å². The summed E-state index contributed by atoms with van der Waals surface area (Å²) in [6, 6.07) is 17.5.